The number of carbonyl (C=O) groups is 2. The van der Waals surface area contributed by atoms with Gasteiger partial charge in [-0.1, -0.05) is 0 Å². The van der Waals surface area contributed by atoms with E-state index in [1.165, 1.54) is 18.3 Å². The maximum absolute atomic E-state index is 12.3. The summed E-state index contributed by atoms with van der Waals surface area (Å²) >= 11 is 1.24. The largest absolute Gasteiger partial charge is 0.453 e. The molecule has 0 aromatic carbocycles. The second-order valence-electron chi connectivity index (χ2n) is 6.71. The summed E-state index contributed by atoms with van der Waals surface area (Å²) in [6, 6.07) is 5.52. The van der Waals surface area contributed by atoms with Crippen LogP contribution in [0.2, 0.25) is 0 Å². The molecule has 150 valence electrons. The van der Waals surface area contributed by atoms with Gasteiger partial charge in [0, 0.05) is 23.9 Å². The van der Waals surface area contributed by atoms with Crippen LogP contribution in [0.1, 0.15) is 41.6 Å². The van der Waals surface area contributed by atoms with Crippen LogP contribution in [-0.4, -0.2) is 32.6 Å². The van der Waals surface area contributed by atoms with Crippen molar-refractivity contribution >= 4 is 33.9 Å². The van der Waals surface area contributed by atoms with Crippen LogP contribution < -0.4 is 5.32 Å². The number of esters is 1. The van der Waals surface area contributed by atoms with Crippen LogP contribution in [0, 0.1) is 32.1 Å². The van der Waals surface area contributed by atoms with Gasteiger partial charge in [0.2, 0.25) is 0 Å². The molecule has 0 saturated carbocycles. The number of amides is 1. The molecule has 0 fully saturated rings. The number of hydrogen-bond donors (Lipinski definition) is 1. The Morgan fingerprint density at radius 3 is 2.86 bits per heavy atom. The average molecular weight is 411 g/mol. The molecule has 9 heteroatoms. The monoisotopic (exact) mass is 411 g/mol. The number of aromatic nitrogens is 3. The molecule has 0 spiro atoms. The first-order valence-corrected chi connectivity index (χ1v) is 9.98. The Kier molecular flexibility index (Phi) is 5.94. The lowest BCUT2D eigenvalue weighted by atomic mass is 10.1. The van der Waals surface area contributed by atoms with Gasteiger partial charge >= 0.3 is 5.97 Å². The number of anilines is 1. The first kappa shape index (κ1) is 20.5. The van der Waals surface area contributed by atoms with E-state index >= 15 is 0 Å². The van der Waals surface area contributed by atoms with E-state index in [-0.39, 0.29) is 6.42 Å². The number of aryl methyl sites for hydroxylation is 3. The molecule has 0 aliphatic rings. The lowest BCUT2D eigenvalue weighted by Gasteiger charge is -2.14. The van der Waals surface area contributed by atoms with E-state index in [1.54, 1.807) is 16.0 Å². The fourth-order valence-corrected chi connectivity index (χ4v) is 3.79. The van der Waals surface area contributed by atoms with Crippen LogP contribution in [-0.2, 0) is 20.7 Å². The predicted molar refractivity (Wildman–Crippen MR) is 109 cm³/mol. The molecule has 3 aromatic heterocycles. The predicted octanol–water partition coefficient (Wildman–Crippen LogP) is 3.09. The van der Waals surface area contributed by atoms with Crippen molar-refractivity contribution in [3.05, 3.63) is 45.7 Å². The van der Waals surface area contributed by atoms with E-state index in [4.69, 9.17) is 10.00 Å². The van der Waals surface area contributed by atoms with E-state index in [0.717, 1.165) is 28.3 Å². The summed E-state index contributed by atoms with van der Waals surface area (Å²) in [5.41, 5.74) is 4.74. The highest BCUT2D eigenvalue weighted by Gasteiger charge is 2.20. The van der Waals surface area contributed by atoms with Crippen molar-refractivity contribution in [3.63, 3.8) is 0 Å². The summed E-state index contributed by atoms with van der Waals surface area (Å²) in [6.45, 7) is 7.25. The number of nitrogens with zero attached hydrogens (tertiary/aromatic N) is 4. The Morgan fingerprint density at radius 1 is 1.38 bits per heavy atom. The molecule has 0 unspecified atom stereocenters. The maximum atomic E-state index is 12.3. The van der Waals surface area contributed by atoms with Crippen molar-refractivity contribution in [2.75, 3.05) is 5.32 Å². The van der Waals surface area contributed by atoms with Crippen molar-refractivity contribution in [2.24, 2.45) is 0 Å². The third-order valence-corrected chi connectivity index (χ3v) is 5.39. The normalized spacial score (nSPS) is 11.8. The van der Waals surface area contributed by atoms with E-state index < -0.39 is 18.0 Å². The Hall–Kier alpha value is -3.25. The Morgan fingerprint density at radius 2 is 2.14 bits per heavy atom. The molecule has 0 aliphatic heterocycles. The van der Waals surface area contributed by atoms with Gasteiger partial charge < -0.3 is 10.1 Å². The van der Waals surface area contributed by atoms with Crippen LogP contribution in [0.4, 0.5) is 5.00 Å². The first-order chi connectivity index (χ1) is 13.8. The number of nitrogens with one attached hydrogen (secondary N) is 1. The molecule has 29 heavy (non-hydrogen) atoms. The molecule has 3 aromatic rings. The highest BCUT2D eigenvalue weighted by Crippen LogP contribution is 2.22. The van der Waals surface area contributed by atoms with Gasteiger partial charge in [-0.05, 0) is 51.1 Å². The van der Waals surface area contributed by atoms with Crippen LogP contribution in [0.15, 0.2) is 17.5 Å². The summed E-state index contributed by atoms with van der Waals surface area (Å²) in [5, 5.41) is 18.2. The van der Waals surface area contributed by atoms with Crippen LogP contribution in [0.25, 0.3) is 5.65 Å². The molecule has 8 nitrogen and oxygen atoms in total. The second-order valence-corrected chi connectivity index (χ2v) is 7.63. The summed E-state index contributed by atoms with van der Waals surface area (Å²) in [7, 11) is 0. The third kappa shape index (κ3) is 4.43. The molecule has 1 atom stereocenters. The molecule has 0 bridgehead atoms. The van der Waals surface area contributed by atoms with Crippen LogP contribution in [0.5, 0.6) is 0 Å². The third-order valence-electron chi connectivity index (χ3n) is 4.57. The van der Waals surface area contributed by atoms with Gasteiger partial charge in [-0.2, -0.15) is 10.4 Å². The van der Waals surface area contributed by atoms with Gasteiger partial charge in [-0.25, -0.2) is 9.50 Å². The quantitative estimate of drug-likeness (QED) is 0.624. The molecule has 3 rings (SSSR count). The Labute approximate surface area is 172 Å². The number of nitriles is 1. The molecule has 0 aliphatic carbocycles. The number of rotatable bonds is 6. The first-order valence-electron chi connectivity index (χ1n) is 9.10. The summed E-state index contributed by atoms with van der Waals surface area (Å²) in [4.78, 5) is 29.0. The maximum Gasteiger partial charge on any atom is 0.306 e. The van der Waals surface area contributed by atoms with Gasteiger partial charge in [0.25, 0.3) is 5.91 Å². The molecule has 3 heterocycles. The van der Waals surface area contributed by atoms with E-state index in [9.17, 15) is 9.59 Å². The fraction of sp³-hybridized carbons (Fsp3) is 0.350. The van der Waals surface area contributed by atoms with Crippen LogP contribution >= 0.6 is 11.3 Å². The number of thiophene rings is 1. The number of ether oxygens (including phenoxy) is 1. The number of fused-ring (bicyclic) bond motifs is 1. The van der Waals surface area contributed by atoms with Gasteiger partial charge in [-0.15, -0.1) is 11.3 Å². The molecular formula is C20H21N5O3S. The van der Waals surface area contributed by atoms with Gasteiger partial charge in [0.15, 0.2) is 11.8 Å². The number of carbonyl (C=O) groups excluding carboxylic acids is 2. The Bertz CT molecular complexity index is 1130. The molecule has 1 amide bonds. The molecule has 0 radical (unpaired) electrons. The number of hydrogen-bond acceptors (Lipinski definition) is 7. The zero-order valence-corrected chi connectivity index (χ0v) is 17.5. The minimum absolute atomic E-state index is 0.120. The SMILES string of the molecule is Cc1cc2nc(C)c(CCC(=O)O[C@H](C)C(=O)Nc3sccc3C#N)c(C)n2n1. The van der Waals surface area contributed by atoms with Crippen molar-refractivity contribution < 1.29 is 14.3 Å². The van der Waals surface area contributed by atoms with Gasteiger partial charge in [0.1, 0.15) is 11.1 Å². The van der Waals surface area contributed by atoms with E-state index in [2.05, 4.69) is 15.4 Å². The summed E-state index contributed by atoms with van der Waals surface area (Å²) in [5.74, 6) is -0.949. The Balaban J connectivity index is 1.60. The standard InChI is InChI=1S/C20H21N5O3S/c1-11-9-17-22-12(2)16(13(3)25(17)24-11)5-6-18(26)28-14(4)19(27)23-20-15(10-21)7-8-29-20/h7-9,14H,5-6H2,1-4H3,(H,23,27)/t14-/m1/s1. The summed E-state index contributed by atoms with van der Waals surface area (Å²) in [6.07, 6.45) is -0.404. The molecule has 1 N–H and O–H groups in total. The molecular weight excluding hydrogens is 390 g/mol. The lowest BCUT2D eigenvalue weighted by molar-refractivity contribution is -0.153. The zero-order chi connectivity index (χ0) is 21.1. The highest BCUT2D eigenvalue weighted by molar-refractivity contribution is 7.14. The van der Waals surface area contributed by atoms with Crippen molar-refractivity contribution in [1.29, 1.82) is 5.26 Å². The lowest BCUT2D eigenvalue weighted by Crippen LogP contribution is -2.30. The summed E-state index contributed by atoms with van der Waals surface area (Å²) < 4.78 is 7.03. The minimum atomic E-state index is -0.965. The van der Waals surface area contributed by atoms with Crippen molar-refractivity contribution in [1.82, 2.24) is 14.6 Å². The van der Waals surface area contributed by atoms with Gasteiger partial charge in [-0.3, -0.25) is 9.59 Å². The zero-order valence-electron chi connectivity index (χ0n) is 16.6. The minimum Gasteiger partial charge on any atom is -0.453 e. The van der Waals surface area contributed by atoms with E-state index in [1.807, 2.05) is 32.9 Å². The second kappa shape index (κ2) is 8.41. The van der Waals surface area contributed by atoms with Crippen molar-refractivity contribution in [2.45, 2.75) is 46.6 Å². The van der Waals surface area contributed by atoms with Gasteiger partial charge in [0.05, 0.1) is 11.3 Å². The van der Waals surface area contributed by atoms with Crippen molar-refractivity contribution in [3.8, 4) is 6.07 Å². The smallest absolute Gasteiger partial charge is 0.306 e. The topological polar surface area (TPSA) is 109 Å². The highest BCUT2D eigenvalue weighted by atomic mass is 32.1. The fourth-order valence-electron chi connectivity index (χ4n) is 3.05. The van der Waals surface area contributed by atoms with E-state index in [0.29, 0.717) is 17.0 Å². The van der Waals surface area contributed by atoms with Crippen LogP contribution in [0.3, 0.4) is 0 Å². The molecule has 0 saturated heterocycles. The average Bonchev–Trinajstić information content (AvgIpc) is 3.26.